The van der Waals surface area contributed by atoms with Crippen LogP contribution in [0.2, 0.25) is 0 Å². The van der Waals surface area contributed by atoms with Crippen molar-refractivity contribution >= 4 is 47.1 Å². The first kappa shape index (κ1) is 20.5. The van der Waals surface area contributed by atoms with E-state index < -0.39 is 15.2 Å². The summed E-state index contributed by atoms with van der Waals surface area (Å²) in [4.78, 5) is 18.1. The predicted molar refractivity (Wildman–Crippen MR) is 92.2 cm³/mol. The van der Waals surface area contributed by atoms with Crippen molar-refractivity contribution in [1.82, 2.24) is 0 Å². The van der Waals surface area contributed by atoms with E-state index in [1.54, 1.807) is 26.0 Å². The third-order valence-corrected chi connectivity index (χ3v) is 6.87. The van der Waals surface area contributed by atoms with Gasteiger partial charge in [-0.25, -0.2) is 0 Å². The molecule has 0 bridgehead atoms. The largest absolute Gasteiger partial charge is 0.335 e. The first-order valence-electron chi connectivity index (χ1n) is 6.49. The van der Waals surface area contributed by atoms with Gasteiger partial charge in [-0.3, -0.25) is 9.13 Å². The Kier molecular flexibility index (Phi) is 7.97. The van der Waals surface area contributed by atoms with Crippen molar-refractivity contribution in [3.8, 4) is 0 Å². The van der Waals surface area contributed by atoms with Crippen LogP contribution < -0.4 is 0 Å². The van der Waals surface area contributed by atoms with E-state index >= 15 is 0 Å². The Balaban J connectivity index is 3.09. The van der Waals surface area contributed by atoms with Gasteiger partial charge in [-0.2, -0.15) is 0 Å². The third-order valence-electron chi connectivity index (χ3n) is 2.61. The van der Waals surface area contributed by atoms with Gasteiger partial charge in [0.05, 0.1) is 25.5 Å². The van der Waals surface area contributed by atoms with Crippen LogP contribution in [0.1, 0.15) is 25.0 Å². The van der Waals surface area contributed by atoms with Crippen LogP contribution in [0.25, 0.3) is 0 Å². The number of rotatable bonds is 8. The van der Waals surface area contributed by atoms with Gasteiger partial charge in [0.1, 0.15) is 0 Å². The molecule has 22 heavy (non-hydrogen) atoms. The van der Waals surface area contributed by atoms with Crippen LogP contribution in [-0.4, -0.2) is 23.0 Å². The minimum atomic E-state index is -4.17. The molecule has 10 heteroatoms. The molecule has 2 N–H and O–H groups in total. The van der Waals surface area contributed by atoms with E-state index in [4.69, 9.17) is 18.8 Å². The molecule has 0 aromatic heterocycles. The Bertz CT molecular complexity index is 606. The third kappa shape index (κ3) is 6.54. The summed E-state index contributed by atoms with van der Waals surface area (Å²) in [6, 6.07) is 3.26. The normalized spacial score (nSPS) is 12.6. The Morgan fingerprint density at radius 2 is 1.36 bits per heavy atom. The second-order valence-corrected chi connectivity index (χ2v) is 9.87. The highest BCUT2D eigenvalue weighted by atomic mass is 79.9. The summed E-state index contributed by atoms with van der Waals surface area (Å²) in [7, 11) is -7.42. The molecular weight excluding hydrogens is 462 g/mol. The van der Waals surface area contributed by atoms with E-state index in [1.165, 1.54) is 0 Å². The van der Waals surface area contributed by atoms with E-state index in [0.29, 0.717) is 20.1 Å². The first-order chi connectivity index (χ1) is 10.1. The topological polar surface area (TPSA) is 93.1 Å². The van der Waals surface area contributed by atoms with E-state index in [0.717, 1.165) is 0 Å². The Morgan fingerprint density at radius 1 is 0.955 bits per heavy atom. The summed E-state index contributed by atoms with van der Waals surface area (Å²) >= 11 is 6.62. The molecule has 126 valence electrons. The maximum absolute atomic E-state index is 12.6. The van der Waals surface area contributed by atoms with Gasteiger partial charge in [0.25, 0.3) is 0 Å². The SMILES string of the molecule is CCOP(=O)(Cc1cc(Br)c(CP(=O)(O)O)cc1Br)OCC. The van der Waals surface area contributed by atoms with Crippen LogP contribution in [0.15, 0.2) is 21.1 Å². The lowest BCUT2D eigenvalue weighted by atomic mass is 10.2. The van der Waals surface area contributed by atoms with Crippen LogP contribution >= 0.6 is 47.1 Å². The lowest BCUT2D eigenvalue weighted by Gasteiger charge is -2.18. The molecule has 0 saturated carbocycles. The fourth-order valence-corrected chi connectivity index (χ4v) is 5.75. The summed E-state index contributed by atoms with van der Waals surface area (Å²) in [5.74, 6) is 0. The van der Waals surface area contributed by atoms with E-state index in [1.807, 2.05) is 0 Å². The molecule has 1 rings (SSSR count). The van der Waals surface area contributed by atoms with Crippen LogP contribution in [0.5, 0.6) is 0 Å². The van der Waals surface area contributed by atoms with Crippen molar-refractivity contribution in [2.45, 2.75) is 26.2 Å². The Morgan fingerprint density at radius 3 is 1.73 bits per heavy atom. The standard InChI is InChI=1S/C12H18Br2O6P2/c1-3-19-22(18,20-4-2)8-10-6-11(13)9(5-12(10)14)7-21(15,16)17/h5-6H,3-4,7-8H2,1-2H3,(H2,15,16,17). The average Bonchev–Trinajstić information content (AvgIpc) is 2.34. The van der Waals surface area contributed by atoms with Gasteiger partial charge < -0.3 is 18.8 Å². The molecule has 0 amide bonds. The number of benzene rings is 1. The summed E-state index contributed by atoms with van der Waals surface area (Å²) in [6.07, 6.45) is -0.300. The Labute approximate surface area is 146 Å². The van der Waals surface area contributed by atoms with Crippen molar-refractivity contribution in [3.05, 3.63) is 32.2 Å². The van der Waals surface area contributed by atoms with Gasteiger partial charge in [-0.15, -0.1) is 0 Å². The van der Waals surface area contributed by atoms with Gasteiger partial charge in [-0.05, 0) is 37.1 Å². The molecule has 0 atom stereocenters. The molecule has 0 spiro atoms. The quantitative estimate of drug-likeness (QED) is 0.527. The number of halogens is 2. The maximum atomic E-state index is 12.6. The lowest BCUT2D eigenvalue weighted by molar-refractivity contribution is 0.219. The van der Waals surface area contributed by atoms with Crippen molar-refractivity contribution in [3.63, 3.8) is 0 Å². The average molecular weight is 480 g/mol. The lowest BCUT2D eigenvalue weighted by Crippen LogP contribution is -2.01. The molecule has 0 aliphatic carbocycles. The van der Waals surface area contributed by atoms with Gasteiger partial charge in [0, 0.05) is 8.95 Å². The summed E-state index contributed by atoms with van der Waals surface area (Å²) < 4.78 is 35.3. The van der Waals surface area contributed by atoms with E-state index in [2.05, 4.69) is 31.9 Å². The fourth-order valence-electron chi connectivity index (χ4n) is 1.82. The summed E-state index contributed by atoms with van der Waals surface area (Å²) in [6.45, 7) is 4.01. The summed E-state index contributed by atoms with van der Waals surface area (Å²) in [5, 5.41) is 0. The van der Waals surface area contributed by atoms with Crippen LogP contribution in [0.4, 0.5) is 0 Å². The van der Waals surface area contributed by atoms with Crippen LogP contribution in [0, 0.1) is 0 Å². The predicted octanol–water partition coefficient (Wildman–Crippen LogP) is 4.66. The number of hydrogen-bond donors (Lipinski definition) is 2. The molecule has 0 unspecified atom stereocenters. The van der Waals surface area contributed by atoms with E-state index in [-0.39, 0.29) is 25.5 Å². The zero-order valence-electron chi connectivity index (χ0n) is 12.2. The van der Waals surface area contributed by atoms with Crippen molar-refractivity contribution in [2.24, 2.45) is 0 Å². The number of hydrogen-bond acceptors (Lipinski definition) is 4. The highest BCUT2D eigenvalue weighted by molar-refractivity contribution is 9.11. The van der Waals surface area contributed by atoms with Crippen LogP contribution in [-0.2, 0) is 30.5 Å². The molecule has 0 aliphatic rings. The molecular formula is C12H18Br2O6P2. The molecule has 0 aliphatic heterocycles. The molecule has 6 nitrogen and oxygen atoms in total. The van der Waals surface area contributed by atoms with Crippen LogP contribution in [0.3, 0.4) is 0 Å². The van der Waals surface area contributed by atoms with Crippen molar-refractivity contribution < 1.29 is 28.0 Å². The zero-order chi connectivity index (χ0) is 17.0. The highest BCUT2D eigenvalue weighted by Gasteiger charge is 2.26. The van der Waals surface area contributed by atoms with Gasteiger partial charge in [-0.1, -0.05) is 31.9 Å². The molecule has 0 saturated heterocycles. The summed E-state index contributed by atoms with van der Waals surface area (Å²) in [5.41, 5.74) is 1.14. The van der Waals surface area contributed by atoms with Gasteiger partial charge in [0.15, 0.2) is 0 Å². The second-order valence-electron chi connectivity index (χ2n) is 4.46. The Hall–Kier alpha value is 0.480. The smallest absolute Gasteiger partial charge is 0.324 e. The molecule has 0 heterocycles. The minimum absolute atomic E-state index is 0.0735. The van der Waals surface area contributed by atoms with Gasteiger partial charge in [0.2, 0.25) is 0 Å². The highest BCUT2D eigenvalue weighted by Crippen LogP contribution is 2.52. The molecule has 0 fully saturated rings. The minimum Gasteiger partial charge on any atom is -0.324 e. The fraction of sp³-hybridized carbons (Fsp3) is 0.500. The monoisotopic (exact) mass is 478 g/mol. The van der Waals surface area contributed by atoms with E-state index in [9.17, 15) is 9.13 Å². The van der Waals surface area contributed by atoms with Crippen molar-refractivity contribution in [1.29, 1.82) is 0 Å². The zero-order valence-corrected chi connectivity index (χ0v) is 17.1. The van der Waals surface area contributed by atoms with Gasteiger partial charge >= 0.3 is 15.2 Å². The first-order valence-corrected chi connectivity index (χ1v) is 11.6. The second kappa shape index (κ2) is 8.54. The molecule has 0 radical (unpaired) electrons. The van der Waals surface area contributed by atoms with Crippen molar-refractivity contribution in [2.75, 3.05) is 13.2 Å². The molecule has 1 aromatic rings. The molecule has 1 aromatic carbocycles. The maximum Gasteiger partial charge on any atom is 0.335 e.